The molecule has 21 heavy (non-hydrogen) atoms. The lowest BCUT2D eigenvalue weighted by Crippen LogP contribution is -2.43. The molecule has 1 unspecified atom stereocenters. The lowest BCUT2D eigenvalue weighted by Gasteiger charge is -2.31. The Morgan fingerprint density at radius 3 is 2.81 bits per heavy atom. The highest BCUT2D eigenvalue weighted by molar-refractivity contribution is 5.95. The Morgan fingerprint density at radius 1 is 1.52 bits per heavy atom. The predicted molar refractivity (Wildman–Crippen MR) is 74.3 cm³/mol. The van der Waals surface area contributed by atoms with E-state index in [1.165, 1.54) is 12.1 Å². The fourth-order valence-corrected chi connectivity index (χ4v) is 2.30. The van der Waals surface area contributed by atoms with E-state index in [0.29, 0.717) is 25.1 Å². The highest BCUT2D eigenvalue weighted by Crippen LogP contribution is 2.24. The minimum absolute atomic E-state index is 0.0511. The second-order valence-electron chi connectivity index (χ2n) is 4.95. The van der Waals surface area contributed by atoms with E-state index in [1.54, 1.807) is 11.9 Å². The maximum absolute atomic E-state index is 11.4. The molecule has 1 saturated heterocycles. The summed E-state index contributed by atoms with van der Waals surface area (Å²) in [5.41, 5.74) is -0.0986. The van der Waals surface area contributed by atoms with Gasteiger partial charge in [0.1, 0.15) is 0 Å². The number of hydrogen-bond acceptors (Lipinski definition) is 5. The summed E-state index contributed by atoms with van der Waals surface area (Å²) in [4.78, 5) is 34.3. The Kier molecular flexibility index (Phi) is 4.06. The van der Waals surface area contributed by atoms with Crippen LogP contribution >= 0.6 is 0 Å². The number of amides is 1. The number of aromatic carboxylic acids is 1. The number of carbonyl (C=O) groups excluding carboxylic acids is 1. The number of nitro benzene ring substituents is 1. The van der Waals surface area contributed by atoms with Gasteiger partial charge in [-0.3, -0.25) is 14.9 Å². The largest absolute Gasteiger partial charge is 0.478 e. The maximum Gasteiger partial charge on any atom is 0.338 e. The second-order valence-corrected chi connectivity index (χ2v) is 4.95. The number of carbonyl (C=O) groups is 2. The van der Waals surface area contributed by atoms with Gasteiger partial charge in [0.05, 0.1) is 10.5 Å². The molecular weight excluding hydrogens is 278 g/mol. The predicted octanol–water partition coefficient (Wildman–Crippen LogP) is 1.33. The molecule has 1 aromatic carbocycles. The molecule has 1 aliphatic rings. The Hall–Kier alpha value is -2.64. The van der Waals surface area contributed by atoms with Crippen molar-refractivity contribution < 1.29 is 19.6 Å². The van der Waals surface area contributed by atoms with E-state index in [2.05, 4.69) is 5.32 Å². The first-order chi connectivity index (χ1) is 9.88. The highest BCUT2D eigenvalue weighted by Gasteiger charge is 2.24. The quantitative estimate of drug-likeness (QED) is 0.639. The summed E-state index contributed by atoms with van der Waals surface area (Å²) >= 11 is 0. The number of non-ortho nitro benzene ring substituents is 1. The Morgan fingerprint density at radius 2 is 2.24 bits per heavy atom. The molecule has 0 aliphatic carbocycles. The van der Waals surface area contributed by atoms with E-state index < -0.39 is 10.9 Å². The number of piperidine rings is 1. The minimum atomic E-state index is -1.23. The van der Waals surface area contributed by atoms with Crippen LogP contribution in [0.25, 0.3) is 0 Å². The molecule has 1 aliphatic heterocycles. The van der Waals surface area contributed by atoms with Crippen LogP contribution in [0.4, 0.5) is 11.4 Å². The van der Waals surface area contributed by atoms with E-state index in [4.69, 9.17) is 5.11 Å². The zero-order valence-corrected chi connectivity index (χ0v) is 11.4. The highest BCUT2D eigenvalue weighted by atomic mass is 16.6. The molecule has 2 rings (SSSR count). The summed E-state index contributed by atoms with van der Waals surface area (Å²) < 4.78 is 0. The SMILES string of the molecule is CN1CC(Nc2ccc([N+](=O)[O-])cc2C(=O)O)CCC1=O. The van der Waals surface area contributed by atoms with E-state index in [9.17, 15) is 19.7 Å². The first-order valence-corrected chi connectivity index (χ1v) is 6.40. The van der Waals surface area contributed by atoms with Crippen LogP contribution < -0.4 is 5.32 Å². The Balaban J connectivity index is 2.21. The number of likely N-dealkylation sites (tertiary alicyclic amines) is 1. The molecule has 1 fully saturated rings. The molecule has 8 nitrogen and oxygen atoms in total. The third-order valence-electron chi connectivity index (χ3n) is 3.43. The third-order valence-corrected chi connectivity index (χ3v) is 3.43. The van der Waals surface area contributed by atoms with Crippen molar-refractivity contribution in [1.82, 2.24) is 4.90 Å². The minimum Gasteiger partial charge on any atom is -0.478 e. The van der Waals surface area contributed by atoms with Crippen molar-refractivity contribution in [2.24, 2.45) is 0 Å². The van der Waals surface area contributed by atoms with Gasteiger partial charge in [-0.2, -0.15) is 0 Å². The van der Waals surface area contributed by atoms with Crippen molar-refractivity contribution >= 4 is 23.3 Å². The van der Waals surface area contributed by atoms with Crippen molar-refractivity contribution in [1.29, 1.82) is 0 Å². The van der Waals surface area contributed by atoms with E-state index in [-0.39, 0.29) is 23.2 Å². The van der Waals surface area contributed by atoms with Crippen LogP contribution in [-0.2, 0) is 4.79 Å². The number of hydrogen-bond donors (Lipinski definition) is 2. The van der Waals surface area contributed by atoms with Crippen LogP contribution in [0.15, 0.2) is 18.2 Å². The monoisotopic (exact) mass is 293 g/mol. The van der Waals surface area contributed by atoms with Crippen LogP contribution in [0.3, 0.4) is 0 Å². The van der Waals surface area contributed by atoms with Gasteiger partial charge in [0, 0.05) is 43.9 Å². The van der Waals surface area contributed by atoms with Crippen LogP contribution in [0, 0.1) is 10.1 Å². The average Bonchev–Trinajstić information content (AvgIpc) is 2.43. The number of rotatable bonds is 4. The fourth-order valence-electron chi connectivity index (χ4n) is 2.30. The van der Waals surface area contributed by atoms with Crippen molar-refractivity contribution in [2.75, 3.05) is 18.9 Å². The molecule has 1 amide bonds. The first-order valence-electron chi connectivity index (χ1n) is 6.40. The zero-order chi connectivity index (χ0) is 15.6. The summed E-state index contributed by atoms with van der Waals surface area (Å²) in [6.07, 6.45) is 0.989. The Labute approximate surface area is 120 Å². The summed E-state index contributed by atoms with van der Waals surface area (Å²) in [6.45, 7) is 0.467. The number of nitrogens with one attached hydrogen (secondary N) is 1. The summed E-state index contributed by atoms with van der Waals surface area (Å²) in [5, 5.41) is 22.9. The van der Waals surface area contributed by atoms with Gasteiger partial charge in [0.25, 0.3) is 5.69 Å². The van der Waals surface area contributed by atoms with Crippen LogP contribution in [0.2, 0.25) is 0 Å². The number of nitrogens with zero attached hydrogens (tertiary/aromatic N) is 2. The van der Waals surface area contributed by atoms with Gasteiger partial charge in [-0.25, -0.2) is 4.79 Å². The summed E-state index contributed by atoms with van der Waals surface area (Å²) in [6, 6.07) is 3.60. The Bertz CT molecular complexity index is 601. The smallest absolute Gasteiger partial charge is 0.338 e. The van der Waals surface area contributed by atoms with Crippen LogP contribution in [0.1, 0.15) is 23.2 Å². The van der Waals surface area contributed by atoms with Gasteiger partial charge in [0.2, 0.25) is 5.91 Å². The lowest BCUT2D eigenvalue weighted by molar-refractivity contribution is -0.384. The van der Waals surface area contributed by atoms with Crippen molar-refractivity contribution in [3.63, 3.8) is 0 Å². The van der Waals surface area contributed by atoms with E-state index in [1.807, 2.05) is 0 Å². The third kappa shape index (κ3) is 3.28. The first kappa shape index (κ1) is 14.8. The summed E-state index contributed by atoms with van der Waals surface area (Å²) in [7, 11) is 1.68. The van der Waals surface area contributed by atoms with Gasteiger partial charge < -0.3 is 15.3 Å². The molecule has 2 N–H and O–H groups in total. The molecule has 0 radical (unpaired) electrons. The molecule has 1 atom stereocenters. The molecule has 112 valence electrons. The van der Waals surface area contributed by atoms with Gasteiger partial charge in [0.15, 0.2) is 0 Å². The van der Waals surface area contributed by atoms with E-state index in [0.717, 1.165) is 6.07 Å². The fraction of sp³-hybridized carbons (Fsp3) is 0.385. The maximum atomic E-state index is 11.4. The number of carboxylic acid groups (broad SMARTS) is 1. The molecule has 0 saturated carbocycles. The number of anilines is 1. The van der Waals surface area contributed by atoms with Gasteiger partial charge in [-0.1, -0.05) is 0 Å². The molecule has 0 bridgehead atoms. The molecule has 0 aromatic heterocycles. The molecule has 8 heteroatoms. The molecule has 1 heterocycles. The van der Waals surface area contributed by atoms with Gasteiger partial charge in [-0.05, 0) is 12.5 Å². The topological polar surface area (TPSA) is 113 Å². The lowest BCUT2D eigenvalue weighted by atomic mass is 10.0. The molecular formula is C13H15N3O5. The van der Waals surface area contributed by atoms with Crippen LogP contribution in [-0.4, -0.2) is 46.4 Å². The average molecular weight is 293 g/mol. The van der Waals surface area contributed by atoms with Crippen molar-refractivity contribution in [3.05, 3.63) is 33.9 Å². The standard InChI is InChI=1S/C13H15N3O5/c1-15-7-8(2-5-12(15)17)14-11-4-3-9(16(20)21)6-10(11)13(18)19/h3-4,6,8,14H,2,5,7H2,1H3,(H,18,19). The van der Waals surface area contributed by atoms with Gasteiger partial charge >= 0.3 is 5.97 Å². The number of likely N-dealkylation sites (N-methyl/N-ethyl adjacent to an activating group) is 1. The zero-order valence-electron chi connectivity index (χ0n) is 11.4. The number of nitro groups is 1. The van der Waals surface area contributed by atoms with Crippen molar-refractivity contribution in [2.45, 2.75) is 18.9 Å². The van der Waals surface area contributed by atoms with Crippen molar-refractivity contribution in [3.8, 4) is 0 Å². The van der Waals surface area contributed by atoms with Gasteiger partial charge in [-0.15, -0.1) is 0 Å². The van der Waals surface area contributed by atoms with E-state index >= 15 is 0 Å². The second kappa shape index (κ2) is 5.78. The molecule has 0 spiro atoms. The molecule has 1 aromatic rings. The number of carboxylic acids is 1. The number of benzene rings is 1. The summed E-state index contributed by atoms with van der Waals surface area (Å²) in [5.74, 6) is -1.18. The van der Waals surface area contributed by atoms with Crippen LogP contribution in [0.5, 0.6) is 0 Å². The normalized spacial score (nSPS) is 18.4.